The van der Waals surface area contributed by atoms with Crippen LogP contribution in [0.15, 0.2) is 12.1 Å². The van der Waals surface area contributed by atoms with E-state index in [1.165, 1.54) is 7.11 Å². The van der Waals surface area contributed by atoms with Gasteiger partial charge in [0.25, 0.3) is 0 Å². The number of alkyl halides is 3. The Morgan fingerprint density at radius 3 is 2.38 bits per heavy atom. The number of benzene rings is 1. The normalized spacial score (nSPS) is 12.1. The summed E-state index contributed by atoms with van der Waals surface area (Å²) in [5.74, 6) is -1.44. The second-order valence-corrected chi connectivity index (χ2v) is 5.47. The Morgan fingerprint density at radius 2 is 1.90 bits per heavy atom. The molecule has 0 aliphatic rings. The summed E-state index contributed by atoms with van der Waals surface area (Å²) in [7, 11) is 1.49. The zero-order valence-corrected chi connectivity index (χ0v) is 12.4. The minimum absolute atomic E-state index is 0.155. The van der Waals surface area contributed by atoms with Gasteiger partial charge in [-0.25, -0.2) is 0 Å². The van der Waals surface area contributed by atoms with Crippen LogP contribution < -0.4 is 15.8 Å². The lowest BCUT2D eigenvalue weighted by Gasteiger charge is -2.28. The standard InChI is InChI=1S/C14H19F3N2O2/c1-8-5-11(21-4)10(18)6-9(8)13(2,3)7-19-12(20)14(15,16)17/h5-6H,7,18H2,1-4H3,(H,19,20). The number of anilines is 1. The van der Waals surface area contributed by atoms with E-state index in [1.54, 1.807) is 26.0 Å². The third-order valence-electron chi connectivity index (χ3n) is 3.25. The van der Waals surface area contributed by atoms with E-state index in [1.807, 2.05) is 12.2 Å². The smallest absolute Gasteiger partial charge is 0.471 e. The van der Waals surface area contributed by atoms with Gasteiger partial charge in [-0.15, -0.1) is 0 Å². The van der Waals surface area contributed by atoms with Crippen LogP contribution in [0.25, 0.3) is 0 Å². The van der Waals surface area contributed by atoms with Crippen LogP contribution in [-0.4, -0.2) is 25.7 Å². The van der Waals surface area contributed by atoms with E-state index in [0.717, 1.165) is 11.1 Å². The molecule has 0 atom stereocenters. The van der Waals surface area contributed by atoms with Gasteiger partial charge in [0, 0.05) is 12.0 Å². The lowest BCUT2D eigenvalue weighted by atomic mass is 9.81. The monoisotopic (exact) mass is 304 g/mol. The molecule has 1 aromatic rings. The highest BCUT2D eigenvalue weighted by atomic mass is 19.4. The summed E-state index contributed by atoms with van der Waals surface area (Å²) >= 11 is 0. The van der Waals surface area contributed by atoms with Crippen molar-refractivity contribution in [3.63, 3.8) is 0 Å². The number of nitrogens with one attached hydrogen (secondary N) is 1. The number of carbonyl (C=O) groups excluding carboxylic acids is 1. The van der Waals surface area contributed by atoms with Gasteiger partial charge in [0.05, 0.1) is 12.8 Å². The zero-order valence-electron chi connectivity index (χ0n) is 12.4. The van der Waals surface area contributed by atoms with Gasteiger partial charge >= 0.3 is 12.1 Å². The molecule has 1 aromatic carbocycles. The number of nitrogen functional groups attached to an aromatic ring is 1. The number of carbonyl (C=O) groups is 1. The van der Waals surface area contributed by atoms with E-state index in [0.29, 0.717) is 11.4 Å². The second-order valence-electron chi connectivity index (χ2n) is 5.47. The number of hydrogen-bond acceptors (Lipinski definition) is 3. The van der Waals surface area contributed by atoms with Crippen molar-refractivity contribution in [2.75, 3.05) is 19.4 Å². The number of amides is 1. The molecule has 0 aliphatic heterocycles. The number of halogens is 3. The minimum atomic E-state index is -4.88. The average Bonchev–Trinajstić information content (AvgIpc) is 2.36. The van der Waals surface area contributed by atoms with E-state index in [4.69, 9.17) is 10.5 Å². The third kappa shape index (κ3) is 4.03. The van der Waals surface area contributed by atoms with Gasteiger partial charge in [0.2, 0.25) is 0 Å². The largest absolute Gasteiger partial charge is 0.495 e. The van der Waals surface area contributed by atoms with Crippen LogP contribution in [0.4, 0.5) is 18.9 Å². The molecule has 1 amide bonds. The van der Waals surface area contributed by atoms with Gasteiger partial charge in [0.15, 0.2) is 0 Å². The lowest BCUT2D eigenvalue weighted by Crippen LogP contribution is -2.43. The van der Waals surface area contributed by atoms with Crippen molar-refractivity contribution in [1.82, 2.24) is 5.32 Å². The SMILES string of the molecule is COc1cc(C)c(C(C)(C)CNC(=O)C(F)(F)F)cc1N. The Hall–Kier alpha value is -1.92. The molecular weight excluding hydrogens is 285 g/mol. The van der Waals surface area contributed by atoms with Crippen LogP contribution in [0.2, 0.25) is 0 Å². The first-order chi connectivity index (χ1) is 9.49. The maximum absolute atomic E-state index is 12.2. The average molecular weight is 304 g/mol. The van der Waals surface area contributed by atoms with E-state index < -0.39 is 17.5 Å². The molecule has 1 rings (SSSR count). The second kappa shape index (κ2) is 5.83. The molecule has 0 aliphatic carbocycles. The molecule has 21 heavy (non-hydrogen) atoms. The number of hydrogen-bond donors (Lipinski definition) is 2. The van der Waals surface area contributed by atoms with Gasteiger partial charge in [-0.2, -0.15) is 13.2 Å². The van der Waals surface area contributed by atoms with Gasteiger partial charge in [-0.1, -0.05) is 13.8 Å². The van der Waals surface area contributed by atoms with Crippen molar-refractivity contribution >= 4 is 11.6 Å². The predicted octanol–water partition coefficient (Wildman–Crippen LogP) is 2.54. The van der Waals surface area contributed by atoms with Crippen molar-refractivity contribution < 1.29 is 22.7 Å². The number of nitrogens with two attached hydrogens (primary N) is 1. The third-order valence-corrected chi connectivity index (χ3v) is 3.25. The molecule has 0 spiro atoms. The summed E-state index contributed by atoms with van der Waals surface area (Å²) in [5.41, 5.74) is 7.10. The van der Waals surface area contributed by atoms with Crippen molar-refractivity contribution in [3.05, 3.63) is 23.3 Å². The van der Waals surface area contributed by atoms with Crippen molar-refractivity contribution in [3.8, 4) is 5.75 Å². The van der Waals surface area contributed by atoms with Crippen molar-refractivity contribution in [1.29, 1.82) is 0 Å². The molecule has 0 bridgehead atoms. The maximum Gasteiger partial charge on any atom is 0.471 e. The van der Waals surface area contributed by atoms with Crippen LogP contribution >= 0.6 is 0 Å². The van der Waals surface area contributed by atoms with Crippen molar-refractivity contribution in [2.45, 2.75) is 32.4 Å². The van der Waals surface area contributed by atoms with Gasteiger partial charge in [-0.05, 0) is 30.2 Å². The van der Waals surface area contributed by atoms with E-state index >= 15 is 0 Å². The van der Waals surface area contributed by atoms with Crippen LogP contribution in [0.1, 0.15) is 25.0 Å². The predicted molar refractivity (Wildman–Crippen MR) is 74.2 cm³/mol. The van der Waals surface area contributed by atoms with Gasteiger partial charge in [0.1, 0.15) is 5.75 Å². The fourth-order valence-electron chi connectivity index (χ4n) is 2.10. The Kier molecular flexibility index (Phi) is 4.76. The lowest BCUT2D eigenvalue weighted by molar-refractivity contribution is -0.173. The Balaban J connectivity index is 2.98. The summed E-state index contributed by atoms with van der Waals surface area (Å²) in [6, 6.07) is 3.38. The van der Waals surface area contributed by atoms with Gasteiger partial charge < -0.3 is 15.8 Å². The maximum atomic E-state index is 12.2. The Bertz CT molecular complexity index is 540. The molecule has 0 unspecified atom stereocenters. The first kappa shape index (κ1) is 17.1. The molecule has 0 saturated heterocycles. The molecule has 0 aromatic heterocycles. The Morgan fingerprint density at radius 1 is 1.33 bits per heavy atom. The van der Waals surface area contributed by atoms with Crippen LogP contribution in [0, 0.1) is 6.92 Å². The summed E-state index contributed by atoms with van der Waals surface area (Å²) < 4.78 is 41.8. The van der Waals surface area contributed by atoms with Gasteiger partial charge in [-0.3, -0.25) is 4.79 Å². The zero-order chi connectivity index (χ0) is 16.4. The number of ether oxygens (including phenoxy) is 1. The molecule has 0 radical (unpaired) electrons. The molecule has 0 saturated carbocycles. The first-order valence-corrected chi connectivity index (χ1v) is 6.28. The topological polar surface area (TPSA) is 64.3 Å². The molecule has 3 N–H and O–H groups in total. The fourth-order valence-corrected chi connectivity index (χ4v) is 2.10. The van der Waals surface area contributed by atoms with E-state index in [2.05, 4.69) is 0 Å². The highest BCUT2D eigenvalue weighted by Crippen LogP contribution is 2.33. The molecule has 0 heterocycles. The number of aryl methyl sites for hydroxylation is 1. The molecular formula is C14H19F3N2O2. The van der Waals surface area contributed by atoms with Crippen LogP contribution in [0.5, 0.6) is 5.75 Å². The van der Waals surface area contributed by atoms with E-state index in [-0.39, 0.29) is 6.54 Å². The summed E-state index contributed by atoms with van der Waals surface area (Å²) in [4.78, 5) is 10.9. The highest BCUT2D eigenvalue weighted by molar-refractivity contribution is 5.81. The minimum Gasteiger partial charge on any atom is -0.495 e. The molecule has 0 fully saturated rings. The number of rotatable bonds is 4. The van der Waals surface area contributed by atoms with Crippen LogP contribution in [-0.2, 0) is 10.2 Å². The van der Waals surface area contributed by atoms with Crippen molar-refractivity contribution in [2.24, 2.45) is 0 Å². The number of methoxy groups -OCH3 is 1. The van der Waals surface area contributed by atoms with Crippen LogP contribution in [0.3, 0.4) is 0 Å². The first-order valence-electron chi connectivity index (χ1n) is 6.28. The van der Waals surface area contributed by atoms with E-state index in [9.17, 15) is 18.0 Å². The molecule has 4 nitrogen and oxygen atoms in total. The fraction of sp³-hybridized carbons (Fsp3) is 0.500. The summed E-state index contributed by atoms with van der Waals surface area (Å²) in [6.07, 6.45) is -4.88. The molecule has 7 heteroatoms. The summed E-state index contributed by atoms with van der Waals surface area (Å²) in [6.45, 7) is 5.12. The highest BCUT2D eigenvalue weighted by Gasteiger charge is 2.39. The molecule has 118 valence electrons. The Labute approximate surface area is 121 Å². The summed E-state index contributed by atoms with van der Waals surface area (Å²) in [5, 5.41) is 1.90. The quantitative estimate of drug-likeness (QED) is 0.840.